The first-order chi connectivity index (χ1) is 13.4. The summed E-state index contributed by atoms with van der Waals surface area (Å²) < 4.78 is 28.7. The molecule has 146 valence electrons. The van der Waals surface area contributed by atoms with Gasteiger partial charge in [0.25, 0.3) is 5.91 Å². The lowest BCUT2D eigenvalue weighted by Gasteiger charge is -2.22. The molecule has 0 aromatic heterocycles. The Bertz CT molecular complexity index is 957. The number of likely N-dealkylation sites (N-methyl/N-ethyl adjacent to an activating group) is 1. The van der Waals surface area contributed by atoms with E-state index in [0.29, 0.717) is 23.1 Å². The number of carbonyl (C=O) groups is 1. The van der Waals surface area contributed by atoms with Gasteiger partial charge in [0.2, 0.25) is 0 Å². The van der Waals surface area contributed by atoms with E-state index in [1.807, 2.05) is 19.0 Å². The van der Waals surface area contributed by atoms with Crippen LogP contribution in [0.3, 0.4) is 0 Å². The number of anilines is 3. The molecular formula is C21H22F2N4O. The molecule has 0 saturated carbocycles. The summed E-state index contributed by atoms with van der Waals surface area (Å²) in [5.41, 5.74) is 1.91. The molecule has 2 aromatic carbocycles. The van der Waals surface area contributed by atoms with Gasteiger partial charge in [0.05, 0.1) is 16.9 Å². The fraction of sp³-hybridized carbons (Fsp3) is 0.286. The van der Waals surface area contributed by atoms with Crippen LogP contribution in [0.2, 0.25) is 0 Å². The molecule has 1 amide bonds. The number of rotatable bonds is 4. The van der Waals surface area contributed by atoms with Crippen LogP contribution in [0.15, 0.2) is 42.6 Å². The molecule has 2 N–H and O–H groups in total. The molecule has 7 heteroatoms. The van der Waals surface area contributed by atoms with Crippen LogP contribution < -0.4 is 15.5 Å². The van der Waals surface area contributed by atoms with Crippen LogP contribution in [0.25, 0.3) is 5.57 Å². The summed E-state index contributed by atoms with van der Waals surface area (Å²) >= 11 is 0. The number of amides is 1. The highest BCUT2D eigenvalue weighted by molar-refractivity contribution is 6.31. The van der Waals surface area contributed by atoms with Crippen molar-refractivity contribution in [1.29, 1.82) is 0 Å². The van der Waals surface area contributed by atoms with Crippen LogP contribution in [-0.2, 0) is 4.79 Å². The summed E-state index contributed by atoms with van der Waals surface area (Å²) in [5.74, 6) is -1.20. The third kappa shape index (κ3) is 3.33. The van der Waals surface area contributed by atoms with E-state index >= 15 is 0 Å². The van der Waals surface area contributed by atoms with Gasteiger partial charge in [-0.25, -0.2) is 8.78 Å². The highest BCUT2D eigenvalue weighted by atomic mass is 19.1. The molecule has 0 bridgehead atoms. The van der Waals surface area contributed by atoms with Crippen molar-refractivity contribution in [2.45, 2.75) is 12.5 Å². The molecule has 0 aliphatic carbocycles. The Kier molecular flexibility index (Phi) is 4.77. The van der Waals surface area contributed by atoms with E-state index in [1.54, 1.807) is 18.2 Å². The number of fused-ring (bicyclic) bond motifs is 1. The summed E-state index contributed by atoms with van der Waals surface area (Å²) in [5, 5.41) is 5.54. The van der Waals surface area contributed by atoms with Gasteiger partial charge in [-0.3, -0.25) is 4.79 Å². The summed E-state index contributed by atoms with van der Waals surface area (Å²) in [7, 11) is 4.07. The summed E-state index contributed by atoms with van der Waals surface area (Å²) in [6.45, 7) is 1.60. The van der Waals surface area contributed by atoms with Crippen molar-refractivity contribution >= 4 is 28.5 Å². The number of benzene rings is 2. The van der Waals surface area contributed by atoms with E-state index in [2.05, 4.69) is 15.5 Å². The Hall–Kier alpha value is -2.93. The minimum atomic E-state index is -0.477. The third-order valence-corrected chi connectivity index (χ3v) is 5.34. The first kappa shape index (κ1) is 18.4. The van der Waals surface area contributed by atoms with Gasteiger partial charge in [0.1, 0.15) is 11.6 Å². The molecule has 2 aliphatic rings. The maximum absolute atomic E-state index is 14.7. The van der Waals surface area contributed by atoms with Crippen LogP contribution in [-0.4, -0.2) is 44.0 Å². The van der Waals surface area contributed by atoms with Crippen molar-refractivity contribution in [2.75, 3.05) is 42.7 Å². The van der Waals surface area contributed by atoms with Gasteiger partial charge in [-0.05, 0) is 50.8 Å². The monoisotopic (exact) mass is 384 g/mol. The molecule has 2 aliphatic heterocycles. The Morgan fingerprint density at radius 3 is 2.75 bits per heavy atom. The molecule has 0 spiro atoms. The van der Waals surface area contributed by atoms with E-state index < -0.39 is 11.7 Å². The number of carbonyl (C=O) groups excluding carboxylic acids is 1. The van der Waals surface area contributed by atoms with Gasteiger partial charge in [0, 0.05) is 36.6 Å². The highest BCUT2D eigenvalue weighted by Crippen LogP contribution is 2.34. The lowest BCUT2D eigenvalue weighted by molar-refractivity contribution is -0.110. The smallest absolute Gasteiger partial charge is 0.257 e. The van der Waals surface area contributed by atoms with Gasteiger partial charge >= 0.3 is 0 Å². The largest absolute Gasteiger partial charge is 0.368 e. The molecular weight excluding hydrogens is 362 g/mol. The highest BCUT2D eigenvalue weighted by Gasteiger charge is 2.28. The van der Waals surface area contributed by atoms with Crippen molar-refractivity contribution < 1.29 is 13.6 Å². The molecule has 1 atom stereocenters. The Labute approximate surface area is 162 Å². The Balaban J connectivity index is 1.52. The van der Waals surface area contributed by atoms with Crippen LogP contribution in [0, 0.1) is 11.6 Å². The van der Waals surface area contributed by atoms with Crippen LogP contribution in [0.4, 0.5) is 25.8 Å². The van der Waals surface area contributed by atoms with E-state index in [1.165, 1.54) is 24.4 Å². The minimum absolute atomic E-state index is 0.186. The normalized spacial score (nSPS) is 20.0. The lowest BCUT2D eigenvalue weighted by Crippen LogP contribution is -2.31. The SMILES string of the molecule is CN(C)C1CCN(c2ccc(NC=C3C(=O)Nc4cccc(F)c43)cc2F)C1. The molecule has 5 nitrogen and oxygen atoms in total. The number of hydrogen-bond acceptors (Lipinski definition) is 4. The van der Waals surface area contributed by atoms with Gasteiger partial charge < -0.3 is 20.4 Å². The second-order valence-electron chi connectivity index (χ2n) is 7.34. The first-order valence-corrected chi connectivity index (χ1v) is 9.22. The van der Waals surface area contributed by atoms with Crippen molar-refractivity contribution in [3.8, 4) is 0 Å². The minimum Gasteiger partial charge on any atom is -0.368 e. The first-order valence-electron chi connectivity index (χ1n) is 9.22. The molecule has 1 fully saturated rings. The van der Waals surface area contributed by atoms with Crippen LogP contribution in [0.1, 0.15) is 12.0 Å². The predicted molar refractivity (Wildman–Crippen MR) is 107 cm³/mol. The zero-order valence-electron chi connectivity index (χ0n) is 15.8. The average Bonchev–Trinajstić information content (AvgIpc) is 3.25. The van der Waals surface area contributed by atoms with Crippen molar-refractivity contribution in [2.24, 2.45) is 0 Å². The molecule has 1 unspecified atom stereocenters. The van der Waals surface area contributed by atoms with Gasteiger partial charge in [-0.15, -0.1) is 0 Å². The number of halogens is 2. The van der Waals surface area contributed by atoms with E-state index in [4.69, 9.17) is 0 Å². The average molecular weight is 384 g/mol. The lowest BCUT2D eigenvalue weighted by atomic mass is 10.1. The molecule has 28 heavy (non-hydrogen) atoms. The van der Waals surface area contributed by atoms with E-state index in [9.17, 15) is 13.6 Å². The molecule has 4 rings (SSSR count). The van der Waals surface area contributed by atoms with Crippen molar-refractivity contribution in [1.82, 2.24) is 4.90 Å². The zero-order chi connectivity index (χ0) is 19.8. The number of nitrogens with zero attached hydrogens (tertiary/aromatic N) is 2. The van der Waals surface area contributed by atoms with Gasteiger partial charge in [0.15, 0.2) is 0 Å². The van der Waals surface area contributed by atoms with E-state index in [-0.39, 0.29) is 17.0 Å². The van der Waals surface area contributed by atoms with Crippen LogP contribution >= 0.6 is 0 Å². The number of nitrogens with one attached hydrogen (secondary N) is 2. The standard InChI is InChI=1S/C21H22F2N4O/c1-26(2)14-8-9-27(12-14)19-7-6-13(10-17(19)23)24-11-15-20-16(22)4-3-5-18(20)25-21(15)28/h3-7,10-11,14,24H,8-9,12H2,1-2H3,(H,25,28). The molecule has 1 saturated heterocycles. The Morgan fingerprint density at radius 1 is 1.21 bits per heavy atom. The van der Waals surface area contributed by atoms with Gasteiger partial charge in [-0.1, -0.05) is 6.07 Å². The Morgan fingerprint density at radius 2 is 2.04 bits per heavy atom. The van der Waals surface area contributed by atoms with Crippen molar-refractivity contribution in [3.05, 3.63) is 59.8 Å². The maximum Gasteiger partial charge on any atom is 0.257 e. The third-order valence-electron chi connectivity index (χ3n) is 5.34. The summed E-state index contributed by atoms with van der Waals surface area (Å²) in [4.78, 5) is 16.3. The topological polar surface area (TPSA) is 47.6 Å². The van der Waals surface area contributed by atoms with E-state index in [0.717, 1.165) is 19.5 Å². The fourth-order valence-electron chi connectivity index (χ4n) is 3.73. The van der Waals surface area contributed by atoms with Crippen molar-refractivity contribution in [3.63, 3.8) is 0 Å². The van der Waals surface area contributed by atoms with Crippen LogP contribution in [0.5, 0.6) is 0 Å². The fourth-order valence-corrected chi connectivity index (χ4v) is 3.73. The second kappa shape index (κ2) is 7.24. The van der Waals surface area contributed by atoms with Gasteiger partial charge in [-0.2, -0.15) is 0 Å². The molecule has 2 aromatic rings. The summed E-state index contributed by atoms with van der Waals surface area (Å²) in [6, 6.07) is 9.78. The quantitative estimate of drug-likeness (QED) is 0.792. The molecule has 2 heterocycles. The predicted octanol–water partition coefficient (Wildman–Crippen LogP) is 3.51. The maximum atomic E-state index is 14.7. The number of hydrogen-bond donors (Lipinski definition) is 2. The second-order valence-corrected chi connectivity index (χ2v) is 7.34. The summed E-state index contributed by atoms with van der Waals surface area (Å²) in [6.07, 6.45) is 2.41. The zero-order valence-corrected chi connectivity index (χ0v) is 15.8. The molecule has 0 radical (unpaired) electrons.